The van der Waals surface area contributed by atoms with Crippen molar-refractivity contribution < 1.29 is 4.84 Å². The first-order valence-corrected chi connectivity index (χ1v) is 6.77. The van der Waals surface area contributed by atoms with Gasteiger partial charge in [-0.05, 0) is 18.9 Å². The van der Waals surface area contributed by atoms with E-state index >= 15 is 0 Å². The number of nitrogens with one attached hydrogen (secondary N) is 1. The summed E-state index contributed by atoms with van der Waals surface area (Å²) in [5, 5.41) is 9.82. The Balaban J connectivity index is 2.66. The quantitative estimate of drug-likeness (QED) is 0.734. The Morgan fingerprint density at radius 2 is 2.26 bits per heavy atom. The molecule has 5 nitrogen and oxygen atoms in total. The number of rotatable bonds is 8. The molecule has 1 unspecified atom stereocenters. The summed E-state index contributed by atoms with van der Waals surface area (Å²) in [6, 6.07) is 2.37. The zero-order valence-electron chi connectivity index (χ0n) is 12.7. The fourth-order valence-electron chi connectivity index (χ4n) is 2.05. The molecule has 5 heteroatoms. The van der Waals surface area contributed by atoms with Gasteiger partial charge in [-0.15, -0.1) is 0 Å². The van der Waals surface area contributed by atoms with E-state index in [1.165, 1.54) is 0 Å². The minimum atomic E-state index is 0.346. The topological polar surface area (TPSA) is 42.3 Å². The first-order valence-electron chi connectivity index (χ1n) is 6.77. The lowest BCUT2D eigenvalue weighted by Crippen LogP contribution is -2.39. The SMILES string of the molecule is C=C(C)c1cc(NCC(CC)N(CC)OC)n(C)n1. The second-order valence-corrected chi connectivity index (χ2v) is 4.68. The van der Waals surface area contributed by atoms with Crippen LogP contribution in [0.25, 0.3) is 5.57 Å². The summed E-state index contributed by atoms with van der Waals surface area (Å²) in [6.07, 6.45) is 1.03. The molecule has 1 atom stereocenters. The van der Waals surface area contributed by atoms with Crippen LogP contribution in [0, 0.1) is 0 Å². The Morgan fingerprint density at radius 1 is 1.58 bits per heavy atom. The van der Waals surface area contributed by atoms with Crippen molar-refractivity contribution in [2.75, 3.05) is 25.5 Å². The minimum Gasteiger partial charge on any atom is -0.369 e. The molecule has 108 valence electrons. The predicted molar refractivity (Wildman–Crippen MR) is 79.9 cm³/mol. The molecule has 0 fully saturated rings. The van der Waals surface area contributed by atoms with Crippen molar-refractivity contribution in [2.24, 2.45) is 7.05 Å². The fourth-order valence-corrected chi connectivity index (χ4v) is 2.05. The van der Waals surface area contributed by atoms with Crippen molar-refractivity contribution in [3.63, 3.8) is 0 Å². The Bertz CT molecular complexity index is 410. The average molecular weight is 266 g/mol. The molecule has 1 aromatic rings. The van der Waals surface area contributed by atoms with Gasteiger partial charge in [0.05, 0.1) is 18.8 Å². The van der Waals surface area contributed by atoms with E-state index < -0.39 is 0 Å². The lowest BCUT2D eigenvalue weighted by molar-refractivity contribution is -0.155. The van der Waals surface area contributed by atoms with Crippen LogP contribution in [0.5, 0.6) is 0 Å². The molecule has 0 aliphatic heterocycles. The second kappa shape index (κ2) is 7.31. The molecule has 1 rings (SSSR count). The van der Waals surface area contributed by atoms with E-state index in [-0.39, 0.29) is 0 Å². The molecule has 0 saturated carbocycles. The molecule has 0 radical (unpaired) electrons. The molecular weight excluding hydrogens is 240 g/mol. The monoisotopic (exact) mass is 266 g/mol. The van der Waals surface area contributed by atoms with Crippen molar-refractivity contribution >= 4 is 11.4 Å². The van der Waals surface area contributed by atoms with Gasteiger partial charge in [0.25, 0.3) is 0 Å². The number of hydrogen-bond acceptors (Lipinski definition) is 4. The summed E-state index contributed by atoms with van der Waals surface area (Å²) in [5.41, 5.74) is 1.90. The van der Waals surface area contributed by atoms with Gasteiger partial charge in [0, 0.05) is 26.2 Å². The molecule has 0 aromatic carbocycles. The van der Waals surface area contributed by atoms with Gasteiger partial charge < -0.3 is 10.2 Å². The lowest BCUT2D eigenvalue weighted by atomic mass is 10.2. The number of likely N-dealkylation sites (N-methyl/N-ethyl adjacent to an activating group) is 1. The van der Waals surface area contributed by atoms with Gasteiger partial charge in [-0.1, -0.05) is 20.4 Å². The largest absolute Gasteiger partial charge is 0.369 e. The molecule has 1 aromatic heterocycles. The molecular formula is C14H26N4O. The third-order valence-electron chi connectivity index (χ3n) is 3.26. The van der Waals surface area contributed by atoms with Crippen LogP contribution in [-0.2, 0) is 11.9 Å². The van der Waals surface area contributed by atoms with Gasteiger partial charge in [0.15, 0.2) is 0 Å². The van der Waals surface area contributed by atoms with Crippen molar-refractivity contribution in [1.82, 2.24) is 14.8 Å². The van der Waals surface area contributed by atoms with E-state index in [1.807, 2.05) is 29.8 Å². The van der Waals surface area contributed by atoms with Gasteiger partial charge in [0.2, 0.25) is 0 Å². The van der Waals surface area contributed by atoms with Gasteiger partial charge in [-0.3, -0.25) is 4.68 Å². The normalized spacial score (nSPS) is 12.7. The highest BCUT2D eigenvalue weighted by Crippen LogP contribution is 2.16. The summed E-state index contributed by atoms with van der Waals surface area (Å²) in [5.74, 6) is 1.00. The first-order chi connectivity index (χ1) is 9.03. The molecule has 0 aliphatic rings. The van der Waals surface area contributed by atoms with E-state index in [9.17, 15) is 0 Å². The zero-order valence-corrected chi connectivity index (χ0v) is 12.7. The van der Waals surface area contributed by atoms with Crippen molar-refractivity contribution in [3.8, 4) is 0 Å². The number of hydrogen-bond donors (Lipinski definition) is 1. The van der Waals surface area contributed by atoms with Crippen LogP contribution < -0.4 is 5.32 Å². The zero-order chi connectivity index (χ0) is 14.4. The standard InChI is InChI=1S/C14H26N4O/c1-7-12(18(8-2)19-6)10-15-14-9-13(11(3)4)16-17(14)5/h9,12,15H,3,7-8,10H2,1-2,4-6H3. The molecule has 0 aliphatic carbocycles. The van der Waals surface area contributed by atoms with Gasteiger partial charge in [-0.2, -0.15) is 10.2 Å². The molecule has 0 bridgehead atoms. The number of allylic oxidation sites excluding steroid dienone is 1. The number of aryl methyl sites for hydroxylation is 1. The van der Waals surface area contributed by atoms with Crippen LogP contribution in [0.3, 0.4) is 0 Å². The Labute approximate surface area is 116 Å². The fraction of sp³-hybridized carbons (Fsp3) is 0.643. The van der Waals surface area contributed by atoms with Gasteiger partial charge >= 0.3 is 0 Å². The first kappa shape index (κ1) is 15.7. The summed E-state index contributed by atoms with van der Waals surface area (Å²) < 4.78 is 1.85. The maximum absolute atomic E-state index is 5.37. The summed E-state index contributed by atoms with van der Waals surface area (Å²) >= 11 is 0. The third kappa shape index (κ3) is 4.08. The highest BCUT2D eigenvalue weighted by atomic mass is 16.7. The van der Waals surface area contributed by atoms with E-state index in [2.05, 4.69) is 30.8 Å². The van der Waals surface area contributed by atoms with Crippen LogP contribution in [0.1, 0.15) is 32.9 Å². The smallest absolute Gasteiger partial charge is 0.124 e. The Morgan fingerprint density at radius 3 is 2.68 bits per heavy atom. The Kier molecular flexibility index (Phi) is 6.05. The molecule has 0 saturated heterocycles. The summed E-state index contributed by atoms with van der Waals surface area (Å²) in [4.78, 5) is 5.37. The summed E-state index contributed by atoms with van der Waals surface area (Å²) in [7, 11) is 3.65. The van der Waals surface area contributed by atoms with Crippen LogP contribution in [-0.4, -0.2) is 41.1 Å². The highest BCUT2D eigenvalue weighted by molar-refractivity contribution is 5.61. The van der Waals surface area contributed by atoms with E-state index in [0.717, 1.165) is 36.6 Å². The number of anilines is 1. The highest BCUT2D eigenvalue weighted by Gasteiger charge is 2.15. The van der Waals surface area contributed by atoms with Crippen LogP contribution in [0.15, 0.2) is 12.6 Å². The third-order valence-corrected chi connectivity index (χ3v) is 3.26. The maximum Gasteiger partial charge on any atom is 0.124 e. The number of hydroxylamine groups is 2. The average Bonchev–Trinajstić information content (AvgIpc) is 2.76. The minimum absolute atomic E-state index is 0.346. The van der Waals surface area contributed by atoms with Crippen LogP contribution >= 0.6 is 0 Å². The molecule has 0 spiro atoms. The van der Waals surface area contributed by atoms with Crippen LogP contribution in [0.2, 0.25) is 0 Å². The van der Waals surface area contributed by atoms with Crippen molar-refractivity contribution in [1.29, 1.82) is 0 Å². The van der Waals surface area contributed by atoms with Crippen molar-refractivity contribution in [3.05, 3.63) is 18.3 Å². The van der Waals surface area contributed by atoms with E-state index in [1.54, 1.807) is 7.11 Å². The maximum atomic E-state index is 5.37. The number of nitrogens with zero attached hydrogens (tertiary/aromatic N) is 3. The van der Waals surface area contributed by atoms with Gasteiger partial charge in [-0.25, -0.2) is 0 Å². The van der Waals surface area contributed by atoms with E-state index in [4.69, 9.17) is 4.84 Å². The second-order valence-electron chi connectivity index (χ2n) is 4.68. The molecule has 1 N–H and O–H groups in total. The van der Waals surface area contributed by atoms with E-state index in [0.29, 0.717) is 6.04 Å². The molecule has 1 heterocycles. The van der Waals surface area contributed by atoms with Crippen molar-refractivity contribution in [2.45, 2.75) is 33.2 Å². The predicted octanol–water partition coefficient (Wildman–Crippen LogP) is 2.53. The summed E-state index contributed by atoms with van der Waals surface area (Å²) in [6.45, 7) is 11.8. The molecule has 0 amide bonds. The Hall–Kier alpha value is -1.33. The lowest BCUT2D eigenvalue weighted by Gasteiger charge is -2.27. The van der Waals surface area contributed by atoms with Crippen LogP contribution in [0.4, 0.5) is 5.82 Å². The molecule has 19 heavy (non-hydrogen) atoms. The number of aromatic nitrogens is 2. The van der Waals surface area contributed by atoms with Gasteiger partial charge in [0.1, 0.15) is 5.82 Å².